The number of nitrogens with zero attached hydrogens (tertiary/aromatic N) is 1. The molecule has 0 fully saturated rings. The molecule has 0 saturated carbocycles. The van der Waals surface area contributed by atoms with Gasteiger partial charge in [-0.15, -0.1) is 0 Å². The average molecular weight is 374 g/mol. The first kappa shape index (κ1) is 13.3. The number of hydrogen-bond acceptors (Lipinski definition) is 3. The highest BCUT2D eigenvalue weighted by molar-refractivity contribution is 9.11. The third-order valence-electron chi connectivity index (χ3n) is 2.60. The van der Waals surface area contributed by atoms with E-state index in [4.69, 9.17) is 0 Å². The molecule has 2 N–H and O–H groups in total. The second-order valence-electron chi connectivity index (χ2n) is 3.71. The smallest absolute Gasteiger partial charge is 0.264 e. The summed E-state index contributed by atoms with van der Waals surface area (Å²) in [5.41, 5.74) is 1.78. The number of halogens is 2. The van der Waals surface area contributed by atoms with E-state index < -0.39 is 0 Å². The van der Waals surface area contributed by atoms with Crippen LogP contribution < -0.4 is 5.56 Å². The molecule has 0 saturated heterocycles. The fourth-order valence-electron chi connectivity index (χ4n) is 1.66. The largest absolute Gasteiger partial charge is 0.506 e. The Bertz CT molecular complexity index is 633. The van der Waals surface area contributed by atoms with Crippen LogP contribution in [0, 0.1) is 0 Å². The minimum absolute atomic E-state index is 0.120. The van der Waals surface area contributed by atoms with Crippen molar-refractivity contribution in [2.75, 3.05) is 0 Å². The Balaban J connectivity index is 2.66. The highest BCUT2D eigenvalue weighted by atomic mass is 79.9. The molecule has 94 valence electrons. The molecule has 0 aliphatic rings. The molecule has 2 rings (SSSR count). The summed E-state index contributed by atoms with van der Waals surface area (Å²) in [6.45, 7) is 2.00. The predicted octanol–water partition coefficient (Wildman–Crippen LogP) is 3.23. The van der Waals surface area contributed by atoms with Gasteiger partial charge in [-0.2, -0.15) is 5.10 Å². The third kappa shape index (κ3) is 2.35. The zero-order valence-electron chi connectivity index (χ0n) is 9.50. The quantitative estimate of drug-likeness (QED) is 0.849. The SMILES string of the molecule is CCc1c(Br)cc(-c2ccc(=O)[nH]n2)c(O)c1Br. The first-order valence-electron chi connectivity index (χ1n) is 5.30. The molecule has 0 bridgehead atoms. The molecule has 0 spiro atoms. The molecule has 1 heterocycles. The maximum absolute atomic E-state index is 11.0. The molecule has 0 radical (unpaired) electrons. The van der Waals surface area contributed by atoms with E-state index in [1.807, 2.05) is 6.92 Å². The van der Waals surface area contributed by atoms with Gasteiger partial charge in [0.15, 0.2) is 0 Å². The lowest BCUT2D eigenvalue weighted by atomic mass is 10.1. The molecule has 2 aromatic rings. The van der Waals surface area contributed by atoms with Gasteiger partial charge >= 0.3 is 0 Å². The van der Waals surface area contributed by atoms with E-state index in [2.05, 4.69) is 42.1 Å². The van der Waals surface area contributed by atoms with E-state index in [1.165, 1.54) is 6.07 Å². The van der Waals surface area contributed by atoms with Crippen molar-refractivity contribution in [3.63, 3.8) is 0 Å². The molecule has 4 nitrogen and oxygen atoms in total. The highest BCUT2D eigenvalue weighted by Gasteiger charge is 2.15. The summed E-state index contributed by atoms with van der Waals surface area (Å²) in [4.78, 5) is 11.0. The molecule has 0 unspecified atom stereocenters. The van der Waals surface area contributed by atoms with E-state index >= 15 is 0 Å². The van der Waals surface area contributed by atoms with Crippen molar-refractivity contribution in [1.82, 2.24) is 10.2 Å². The number of hydrogen-bond donors (Lipinski definition) is 2. The number of aromatic amines is 1. The Labute approximate surface area is 120 Å². The fraction of sp³-hybridized carbons (Fsp3) is 0.167. The van der Waals surface area contributed by atoms with Crippen molar-refractivity contribution in [2.45, 2.75) is 13.3 Å². The maximum atomic E-state index is 11.0. The first-order valence-corrected chi connectivity index (χ1v) is 6.89. The van der Waals surface area contributed by atoms with Crippen molar-refractivity contribution < 1.29 is 5.11 Å². The van der Waals surface area contributed by atoms with E-state index in [-0.39, 0.29) is 11.3 Å². The fourth-order valence-corrected chi connectivity index (χ4v) is 3.34. The van der Waals surface area contributed by atoms with Crippen LogP contribution in [0.4, 0.5) is 0 Å². The number of nitrogens with one attached hydrogen (secondary N) is 1. The van der Waals surface area contributed by atoms with Gasteiger partial charge in [0.1, 0.15) is 5.75 Å². The van der Waals surface area contributed by atoms with Gasteiger partial charge in [0.25, 0.3) is 5.56 Å². The lowest BCUT2D eigenvalue weighted by Gasteiger charge is -2.11. The number of phenols is 1. The maximum Gasteiger partial charge on any atom is 0.264 e. The van der Waals surface area contributed by atoms with Crippen LogP contribution in [0.3, 0.4) is 0 Å². The van der Waals surface area contributed by atoms with Crippen LogP contribution in [0.2, 0.25) is 0 Å². The lowest BCUT2D eigenvalue weighted by Crippen LogP contribution is -2.05. The summed E-state index contributed by atoms with van der Waals surface area (Å²) < 4.78 is 1.53. The van der Waals surface area contributed by atoms with Crippen molar-refractivity contribution in [3.05, 3.63) is 43.1 Å². The standard InChI is InChI=1S/C12H10Br2N2O2/c1-2-6-8(13)5-7(12(18)11(6)14)9-3-4-10(17)16-15-9/h3-5,18H,2H2,1H3,(H,16,17). The van der Waals surface area contributed by atoms with Gasteiger partial charge in [-0.1, -0.05) is 22.9 Å². The summed E-state index contributed by atoms with van der Waals surface area (Å²) in [7, 11) is 0. The van der Waals surface area contributed by atoms with Gasteiger partial charge in [0.05, 0.1) is 10.2 Å². The Morgan fingerprint density at radius 2 is 2.11 bits per heavy atom. The van der Waals surface area contributed by atoms with Gasteiger partial charge in [0.2, 0.25) is 0 Å². The minimum atomic E-state index is -0.276. The second-order valence-corrected chi connectivity index (χ2v) is 5.35. The molecule has 6 heteroatoms. The monoisotopic (exact) mass is 372 g/mol. The van der Waals surface area contributed by atoms with Crippen LogP contribution in [0.25, 0.3) is 11.3 Å². The highest BCUT2D eigenvalue weighted by Crippen LogP contribution is 2.40. The second kappa shape index (κ2) is 5.24. The summed E-state index contributed by atoms with van der Waals surface area (Å²) in [6.07, 6.45) is 0.786. The molecule has 0 aliphatic carbocycles. The van der Waals surface area contributed by atoms with E-state index in [9.17, 15) is 9.90 Å². The molecular weight excluding hydrogens is 364 g/mol. The van der Waals surface area contributed by atoms with Gasteiger partial charge < -0.3 is 5.11 Å². The Kier molecular flexibility index (Phi) is 3.87. The van der Waals surface area contributed by atoms with Crippen LogP contribution in [-0.2, 0) is 6.42 Å². The third-order valence-corrected chi connectivity index (χ3v) is 4.16. The summed E-state index contributed by atoms with van der Waals surface area (Å²) >= 11 is 6.84. The van der Waals surface area contributed by atoms with Crippen LogP contribution in [0.5, 0.6) is 5.75 Å². The summed E-state index contributed by atoms with van der Waals surface area (Å²) in [6, 6.07) is 4.73. The topological polar surface area (TPSA) is 66.0 Å². The van der Waals surface area contributed by atoms with E-state index in [1.54, 1.807) is 12.1 Å². The van der Waals surface area contributed by atoms with Gasteiger partial charge in [-0.25, -0.2) is 5.10 Å². The zero-order chi connectivity index (χ0) is 13.3. The first-order chi connectivity index (χ1) is 8.54. The minimum Gasteiger partial charge on any atom is -0.506 e. The molecule has 0 atom stereocenters. The van der Waals surface area contributed by atoms with Crippen molar-refractivity contribution >= 4 is 31.9 Å². The van der Waals surface area contributed by atoms with Crippen LogP contribution >= 0.6 is 31.9 Å². The number of rotatable bonds is 2. The lowest BCUT2D eigenvalue weighted by molar-refractivity contribution is 0.472. The average Bonchev–Trinajstić information content (AvgIpc) is 2.36. The van der Waals surface area contributed by atoms with Crippen LogP contribution in [0.15, 0.2) is 31.9 Å². The Morgan fingerprint density at radius 1 is 1.39 bits per heavy atom. The molecule has 0 amide bonds. The van der Waals surface area contributed by atoms with Gasteiger partial charge in [0, 0.05) is 16.1 Å². The molecule has 18 heavy (non-hydrogen) atoms. The number of phenolic OH excluding ortho intramolecular Hbond substituents is 1. The number of H-pyrrole nitrogens is 1. The van der Waals surface area contributed by atoms with Crippen LogP contribution in [-0.4, -0.2) is 15.3 Å². The number of aromatic hydroxyl groups is 1. The summed E-state index contributed by atoms with van der Waals surface area (Å²) in [5, 5.41) is 16.4. The van der Waals surface area contributed by atoms with E-state index in [0.29, 0.717) is 15.7 Å². The zero-order valence-corrected chi connectivity index (χ0v) is 12.7. The Morgan fingerprint density at radius 3 is 2.67 bits per heavy atom. The molecule has 1 aromatic carbocycles. The molecule has 1 aromatic heterocycles. The number of aromatic nitrogens is 2. The summed E-state index contributed by atoms with van der Waals surface area (Å²) in [5.74, 6) is 0.120. The normalized spacial score (nSPS) is 10.6. The number of benzene rings is 1. The van der Waals surface area contributed by atoms with Crippen molar-refractivity contribution in [3.8, 4) is 17.0 Å². The van der Waals surface area contributed by atoms with Gasteiger partial charge in [-0.05, 0) is 40.0 Å². The van der Waals surface area contributed by atoms with Gasteiger partial charge in [-0.3, -0.25) is 4.79 Å². The predicted molar refractivity (Wildman–Crippen MR) is 76.7 cm³/mol. The van der Waals surface area contributed by atoms with Crippen LogP contribution in [0.1, 0.15) is 12.5 Å². The Hall–Kier alpha value is -1.14. The molecule has 0 aliphatic heterocycles. The molecular formula is C12H10Br2N2O2. The van der Waals surface area contributed by atoms with E-state index in [0.717, 1.165) is 16.5 Å². The van der Waals surface area contributed by atoms with Crippen molar-refractivity contribution in [2.24, 2.45) is 0 Å². The van der Waals surface area contributed by atoms with Crippen molar-refractivity contribution in [1.29, 1.82) is 0 Å².